The molecule has 1 atom stereocenters. The Labute approximate surface area is 144 Å². The molecule has 2 aliphatic heterocycles. The average molecular weight is 356 g/mol. The predicted molar refractivity (Wildman–Crippen MR) is 86.4 cm³/mol. The minimum atomic E-state index is -0.516. The molecule has 2 saturated heterocycles. The lowest BCUT2D eigenvalue weighted by atomic mass is 10.1. The third kappa shape index (κ3) is 2.93. The SMILES string of the molecule is COc1ccc(F)c(CN2CCN3C(=O)CN(C)C(=O)[C@H]3C2)c1Cl. The van der Waals surface area contributed by atoms with Crippen LogP contribution in [-0.4, -0.2) is 72.9 Å². The second-order valence-corrected chi connectivity index (χ2v) is 6.45. The number of ether oxygens (including phenoxy) is 1. The van der Waals surface area contributed by atoms with E-state index in [9.17, 15) is 14.0 Å². The Balaban J connectivity index is 1.79. The van der Waals surface area contributed by atoms with E-state index >= 15 is 0 Å². The molecule has 130 valence electrons. The Kier molecular flexibility index (Phi) is 4.64. The van der Waals surface area contributed by atoms with Gasteiger partial charge in [-0.3, -0.25) is 14.5 Å². The van der Waals surface area contributed by atoms with Gasteiger partial charge >= 0.3 is 0 Å². The van der Waals surface area contributed by atoms with Crippen LogP contribution in [0.4, 0.5) is 4.39 Å². The van der Waals surface area contributed by atoms with Gasteiger partial charge in [0.2, 0.25) is 11.8 Å². The van der Waals surface area contributed by atoms with Crippen LogP contribution in [0, 0.1) is 5.82 Å². The molecule has 2 heterocycles. The first-order valence-corrected chi connectivity index (χ1v) is 8.08. The summed E-state index contributed by atoms with van der Waals surface area (Å²) in [7, 11) is 3.10. The number of carbonyl (C=O) groups is 2. The van der Waals surface area contributed by atoms with Crippen LogP contribution in [0.2, 0.25) is 5.02 Å². The van der Waals surface area contributed by atoms with Gasteiger partial charge in [-0.25, -0.2) is 4.39 Å². The van der Waals surface area contributed by atoms with E-state index in [1.54, 1.807) is 11.9 Å². The summed E-state index contributed by atoms with van der Waals surface area (Å²) in [4.78, 5) is 29.4. The lowest BCUT2D eigenvalue weighted by Gasteiger charge is -2.45. The molecule has 0 saturated carbocycles. The highest BCUT2D eigenvalue weighted by atomic mass is 35.5. The summed E-state index contributed by atoms with van der Waals surface area (Å²) in [5, 5.41) is 0.239. The van der Waals surface area contributed by atoms with Crippen molar-refractivity contribution in [2.45, 2.75) is 12.6 Å². The van der Waals surface area contributed by atoms with E-state index in [4.69, 9.17) is 16.3 Å². The highest BCUT2D eigenvalue weighted by Crippen LogP contribution is 2.31. The van der Waals surface area contributed by atoms with Gasteiger partial charge in [0.25, 0.3) is 0 Å². The first-order chi connectivity index (χ1) is 11.4. The molecule has 3 rings (SSSR count). The fourth-order valence-corrected chi connectivity index (χ4v) is 3.51. The van der Waals surface area contributed by atoms with Gasteiger partial charge in [-0.15, -0.1) is 0 Å². The average Bonchev–Trinajstić information content (AvgIpc) is 2.56. The maximum absolute atomic E-state index is 14.1. The smallest absolute Gasteiger partial charge is 0.246 e. The van der Waals surface area contributed by atoms with Gasteiger partial charge in [0.05, 0.1) is 18.7 Å². The van der Waals surface area contributed by atoms with Crippen molar-refractivity contribution in [1.29, 1.82) is 0 Å². The largest absolute Gasteiger partial charge is 0.495 e. The molecule has 2 amide bonds. The molecular formula is C16H19ClFN3O3. The van der Waals surface area contributed by atoms with Gasteiger partial charge in [0.1, 0.15) is 17.6 Å². The summed E-state index contributed by atoms with van der Waals surface area (Å²) < 4.78 is 19.3. The third-order valence-corrected chi connectivity index (χ3v) is 4.99. The van der Waals surface area contributed by atoms with Gasteiger partial charge in [-0.1, -0.05) is 11.6 Å². The summed E-state index contributed by atoms with van der Waals surface area (Å²) in [5.74, 6) is -0.134. The number of hydrogen-bond donors (Lipinski definition) is 0. The van der Waals surface area contributed by atoms with Crippen molar-refractivity contribution in [3.05, 3.63) is 28.5 Å². The number of amides is 2. The molecule has 0 aromatic heterocycles. The summed E-state index contributed by atoms with van der Waals surface area (Å²) in [5.41, 5.74) is 0.340. The summed E-state index contributed by atoms with van der Waals surface area (Å²) >= 11 is 6.21. The number of carbonyl (C=O) groups excluding carboxylic acids is 2. The van der Waals surface area contributed by atoms with E-state index in [1.165, 1.54) is 24.1 Å². The highest BCUT2D eigenvalue weighted by molar-refractivity contribution is 6.32. The number of methoxy groups -OCH3 is 1. The Hall–Kier alpha value is -1.86. The molecule has 0 radical (unpaired) electrons. The Morgan fingerprint density at radius 1 is 1.33 bits per heavy atom. The van der Waals surface area contributed by atoms with Crippen molar-refractivity contribution in [2.75, 3.05) is 40.3 Å². The zero-order valence-corrected chi connectivity index (χ0v) is 14.3. The molecule has 1 aromatic carbocycles. The molecule has 2 fully saturated rings. The van der Waals surface area contributed by atoms with Crippen LogP contribution in [-0.2, 0) is 16.1 Å². The third-order valence-electron chi connectivity index (χ3n) is 4.57. The van der Waals surface area contributed by atoms with Crippen molar-refractivity contribution in [2.24, 2.45) is 0 Å². The molecule has 2 aliphatic rings. The van der Waals surface area contributed by atoms with E-state index in [1.807, 2.05) is 4.90 Å². The molecule has 6 nitrogen and oxygen atoms in total. The van der Waals surface area contributed by atoms with E-state index in [0.29, 0.717) is 30.9 Å². The number of rotatable bonds is 3. The minimum absolute atomic E-state index is 0.0488. The second kappa shape index (κ2) is 6.57. The number of halogens is 2. The zero-order chi connectivity index (χ0) is 17.4. The van der Waals surface area contributed by atoms with Crippen molar-refractivity contribution < 1.29 is 18.7 Å². The van der Waals surface area contributed by atoms with Crippen molar-refractivity contribution in [3.63, 3.8) is 0 Å². The number of hydrogen-bond acceptors (Lipinski definition) is 4. The van der Waals surface area contributed by atoms with Gasteiger partial charge in [-0.05, 0) is 12.1 Å². The summed E-state index contributed by atoms with van der Waals surface area (Å²) in [6.45, 7) is 1.75. The topological polar surface area (TPSA) is 53.1 Å². The van der Waals surface area contributed by atoms with Gasteiger partial charge in [-0.2, -0.15) is 0 Å². The van der Waals surface area contributed by atoms with Crippen LogP contribution >= 0.6 is 11.6 Å². The number of fused-ring (bicyclic) bond motifs is 1. The number of benzene rings is 1. The molecule has 0 aliphatic carbocycles. The predicted octanol–water partition coefficient (Wildman–Crippen LogP) is 0.973. The number of piperazine rings is 2. The minimum Gasteiger partial charge on any atom is -0.495 e. The molecule has 0 unspecified atom stereocenters. The van der Waals surface area contributed by atoms with E-state index in [0.717, 1.165) is 0 Å². The van der Waals surface area contributed by atoms with Crippen LogP contribution < -0.4 is 4.74 Å². The van der Waals surface area contributed by atoms with Crippen LogP contribution in [0.3, 0.4) is 0 Å². The monoisotopic (exact) mass is 355 g/mol. The molecule has 0 N–H and O–H groups in total. The normalized spacial score (nSPS) is 21.9. The zero-order valence-electron chi connectivity index (χ0n) is 13.6. The molecule has 8 heteroatoms. The van der Waals surface area contributed by atoms with Crippen LogP contribution in [0.15, 0.2) is 12.1 Å². The van der Waals surface area contributed by atoms with Crippen LogP contribution in [0.25, 0.3) is 0 Å². The standard InChI is InChI=1S/C16H19ClFN3O3/c1-19-9-14(22)21-6-5-20(8-12(21)16(19)23)7-10-11(18)3-4-13(24-2)15(10)17/h3-4,12H,5-9H2,1-2H3/t12-/m1/s1. The second-order valence-electron chi connectivity index (χ2n) is 6.07. The lowest BCUT2D eigenvalue weighted by Crippen LogP contribution is -2.65. The molecule has 0 bridgehead atoms. The van der Waals surface area contributed by atoms with Gasteiger partial charge in [0, 0.05) is 38.8 Å². The Bertz CT molecular complexity index is 685. The maximum atomic E-state index is 14.1. The molecular weight excluding hydrogens is 337 g/mol. The van der Waals surface area contributed by atoms with E-state index in [-0.39, 0.29) is 29.9 Å². The fraction of sp³-hybridized carbons (Fsp3) is 0.500. The van der Waals surface area contributed by atoms with Gasteiger partial charge < -0.3 is 14.5 Å². The molecule has 24 heavy (non-hydrogen) atoms. The molecule has 1 aromatic rings. The lowest BCUT2D eigenvalue weighted by molar-refractivity contribution is -0.158. The first kappa shape index (κ1) is 17.0. The highest BCUT2D eigenvalue weighted by Gasteiger charge is 2.41. The van der Waals surface area contributed by atoms with E-state index in [2.05, 4.69) is 0 Å². The fourth-order valence-electron chi connectivity index (χ4n) is 3.22. The summed E-state index contributed by atoms with van der Waals surface area (Å²) in [6, 6.07) is 2.29. The van der Waals surface area contributed by atoms with Gasteiger partial charge in [0.15, 0.2) is 0 Å². The van der Waals surface area contributed by atoms with Crippen LogP contribution in [0.5, 0.6) is 5.75 Å². The molecule has 0 spiro atoms. The number of likely N-dealkylation sites (N-methyl/N-ethyl adjacent to an activating group) is 1. The Morgan fingerprint density at radius 3 is 2.79 bits per heavy atom. The Morgan fingerprint density at radius 2 is 2.08 bits per heavy atom. The van der Waals surface area contributed by atoms with E-state index < -0.39 is 11.9 Å². The number of nitrogens with zero attached hydrogens (tertiary/aromatic N) is 3. The van der Waals surface area contributed by atoms with Crippen molar-refractivity contribution >= 4 is 23.4 Å². The first-order valence-electron chi connectivity index (χ1n) is 7.70. The summed E-state index contributed by atoms with van der Waals surface area (Å²) in [6.07, 6.45) is 0. The van der Waals surface area contributed by atoms with Crippen LogP contribution in [0.1, 0.15) is 5.56 Å². The van der Waals surface area contributed by atoms with Crippen molar-refractivity contribution in [1.82, 2.24) is 14.7 Å². The maximum Gasteiger partial charge on any atom is 0.246 e. The van der Waals surface area contributed by atoms with Crippen molar-refractivity contribution in [3.8, 4) is 5.75 Å². The quantitative estimate of drug-likeness (QED) is 0.811.